The second-order valence-electron chi connectivity index (χ2n) is 4.60. The molecule has 0 amide bonds. The molecule has 0 aromatic heterocycles. The number of carbonyl (C=O) groups is 1. The Balaban J connectivity index is 1.85. The third-order valence-electron chi connectivity index (χ3n) is 2.82. The minimum absolute atomic E-state index is 0.162. The Morgan fingerprint density at radius 1 is 1.39 bits per heavy atom. The fourth-order valence-electron chi connectivity index (χ4n) is 1.93. The Bertz CT molecular complexity index is 429. The van der Waals surface area contributed by atoms with Gasteiger partial charge in [0.2, 0.25) is 0 Å². The molecule has 0 bridgehead atoms. The van der Waals surface area contributed by atoms with Gasteiger partial charge in [0.15, 0.2) is 0 Å². The zero-order valence-electron chi connectivity index (χ0n) is 10.9. The quantitative estimate of drug-likeness (QED) is 0.642. The summed E-state index contributed by atoms with van der Waals surface area (Å²) in [6, 6.07) is 5.63. The first-order valence-corrected chi connectivity index (χ1v) is 6.32. The van der Waals surface area contributed by atoms with Crippen molar-refractivity contribution in [1.29, 1.82) is 0 Å². The van der Waals surface area contributed by atoms with Crippen molar-refractivity contribution < 1.29 is 14.3 Å². The van der Waals surface area contributed by atoms with Crippen LogP contribution in [0, 0.1) is 0 Å². The maximum absolute atomic E-state index is 11.8. The number of ether oxygens (including phenoxy) is 2. The zero-order chi connectivity index (χ0) is 13.0. The molecule has 1 aliphatic rings. The van der Waals surface area contributed by atoms with Crippen molar-refractivity contribution in [2.45, 2.75) is 26.4 Å². The Morgan fingerprint density at radius 3 is 3.00 bits per heavy atom. The SMILES string of the molecule is CC(C)OCCOC(=O)c1ccc2c(c1)CCN2. The lowest BCUT2D eigenvalue weighted by Gasteiger charge is -2.09. The van der Waals surface area contributed by atoms with E-state index in [-0.39, 0.29) is 12.1 Å². The van der Waals surface area contributed by atoms with E-state index in [0.29, 0.717) is 18.8 Å². The summed E-state index contributed by atoms with van der Waals surface area (Å²) in [5.74, 6) is -0.281. The number of carbonyl (C=O) groups excluding carboxylic acids is 1. The van der Waals surface area contributed by atoms with Crippen LogP contribution in [0.15, 0.2) is 18.2 Å². The van der Waals surface area contributed by atoms with Crippen molar-refractivity contribution in [1.82, 2.24) is 0 Å². The van der Waals surface area contributed by atoms with Crippen LogP contribution in [0.2, 0.25) is 0 Å². The molecule has 1 N–H and O–H groups in total. The fraction of sp³-hybridized carbons (Fsp3) is 0.500. The fourth-order valence-corrected chi connectivity index (χ4v) is 1.93. The summed E-state index contributed by atoms with van der Waals surface area (Å²) in [6.07, 6.45) is 1.13. The Labute approximate surface area is 107 Å². The van der Waals surface area contributed by atoms with Crippen LogP contribution >= 0.6 is 0 Å². The normalized spacial score (nSPS) is 13.3. The number of rotatable bonds is 5. The van der Waals surface area contributed by atoms with Gasteiger partial charge in [0, 0.05) is 12.2 Å². The van der Waals surface area contributed by atoms with Crippen molar-refractivity contribution in [3.63, 3.8) is 0 Å². The van der Waals surface area contributed by atoms with E-state index < -0.39 is 0 Å². The number of benzene rings is 1. The van der Waals surface area contributed by atoms with Crippen molar-refractivity contribution in [3.8, 4) is 0 Å². The van der Waals surface area contributed by atoms with E-state index >= 15 is 0 Å². The Hall–Kier alpha value is -1.55. The van der Waals surface area contributed by atoms with Gasteiger partial charge >= 0.3 is 5.97 Å². The highest BCUT2D eigenvalue weighted by atomic mass is 16.6. The van der Waals surface area contributed by atoms with Gasteiger partial charge in [0.25, 0.3) is 0 Å². The predicted octanol–water partition coefficient (Wildman–Crippen LogP) is 2.24. The van der Waals surface area contributed by atoms with Gasteiger partial charge in [0.1, 0.15) is 6.61 Å². The molecule has 0 fully saturated rings. The second kappa shape index (κ2) is 5.87. The topological polar surface area (TPSA) is 47.6 Å². The van der Waals surface area contributed by atoms with Gasteiger partial charge in [-0.25, -0.2) is 4.79 Å². The molecule has 0 aliphatic carbocycles. The molecule has 1 aromatic rings. The molecule has 0 spiro atoms. The number of fused-ring (bicyclic) bond motifs is 1. The number of nitrogens with one attached hydrogen (secondary N) is 1. The van der Waals surface area contributed by atoms with E-state index in [0.717, 1.165) is 18.7 Å². The summed E-state index contributed by atoms with van der Waals surface area (Å²) < 4.78 is 10.5. The first-order chi connectivity index (χ1) is 8.66. The van der Waals surface area contributed by atoms with Crippen LogP contribution in [0.1, 0.15) is 29.8 Å². The molecule has 1 aromatic carbocycles. The molecule has 0 atom stereocenters. The summed E-state index contributed by atoms with van der Waals surface area (Å²) in [5, 5.41) is 3.26. The van der Waals surface area contributed by atoms with Gasteiger partial charge in [-0.15, -0.1) is 0 Å². The second-order valence-corrected chi connectivity index (χ2v) is 4.60. The van der Waals surface area contributed by atoms with E-state index in [4.69, 9.17) is 9.47 Å². The van der Waals surface area contributed by atoms with Crippen LogP contribution in [0.3, 0.4) is 0 Å². The van der Waals surface area contributed by atoms with E-state index in [1.165, 1.54) is 5.56 Å². The Kier molecular flexibility index (Phi) is 4.20. The smallest absolute Gasteiger partial charge is 0.338 e. The maximum atomic E-state index is 11.8. The van der Waals surface area contributed by atoms with Crippen molar-refractivity contribution in [2.24, 2.45) is 0 Å². The van der Waals surface area contributed by atoms with Gasteiger partial charge in [-0.3, -0.25) is 0 Å². The van der Waals surface area contributed by atoms with Crippen molar-refractivity contribution in [3.05, 3.63) is 29.3 Å². The van der Waals surface area contributed by atoms with Crippen LogP contribution in [0.4, 0.5) is 5.69 Å². The molecular weight excluding hydrogens is 230 g/mol. The molecule has 4 nitrogen and oxygen atoms in total. The molecular formula is C14H19NO3. The van der Waals surface area contributed by atoms with Crippen molar-refractivity contribution >= 4 is 11.7 Å². The number of esters is 1. The first-order valence-electron chi connectivity index (χ1n) is 6.32. The van der Waals surface area contributed by atoms with Crippen LogP contribution in [-0.2, 0) is 15.9 Å². The average molecular weight is 249 g/mol. The van der Waals surface area contributed by atoms with Crippen molar-refractivity contribution in [2.75, 3.05) is 25.1 Å². The van der Waals surface area contributed by atoms with E-state index in [1.54, 1.807) is 6.07 Å². The van der Waals surface area contributed by atoms with Gasteiger partial charge in [-0.2, -0.15) is 0 Å². The third kappa shape index (κ3) is 3.23. The maximum Gasteiger partial charge on any atom is 0.338 e. The minimum atomic E-state index is -0.281. The monoisotopic (exact) mass is 249 g/mol. The van der Waals surface area contributed by atoms with Crippen LogP contribution < -0.4 is 5.32 Å². The highest BCUT2D eigenvalue weighted by molar-refractivity contribution is 5.90. The largest absolute Gasteiger partial charge is 0.460 e. The predicted molar refractivity (Wildman–Crippen MR) is 70.0 cm³/mol. The standard InChI is InChI=1S/C14H19NO3/c1-10(2)17-7-8-18-14(16)12-3-4-13-11(9-12)5-6-15-13/h3-4,9-10,15H,5-8H2,1-2H3. The first kappa shape index (κ1) is 12.9. The van der Waals surface area contributed by atoms with E-state index in [1.807, 2.05) is 26.0 Å². The summed E-state index contributed by atoms with van der Waals surface area (Å²) in [6.45, 7) is 5.59. The molecule has 1 aliphatic heterocycles. The molecule has 0 saturated carbocycles. The molecule has 0 saturated heterocycles. The minimum Gasteiger partial charge on any atom is -0.460 e. The molecule has 0 radical (unpaired) electrons. The van der Waals surface area contributed by atoms with Gasteiger partial charge in [-0.1, -0.05) is 0 Å². The lowest BCUT2D eigenvalue weighted by Crippen LogP contribution is -2.13. The highest BCUT2D eigenvalue weighted by Crippen LogP contribution is 2.23. The van der Waals surface area contributed by atoms with E-state index in [2.05, 4.69) is 5.32 Å². The number of hydrogen-bond acceptors (Lipinski definition) is 4. The van der Waals surface area contributed by atoms with Crippen LogP contribution in [0.25, 0.3) is 0 Å². The summed E-state index contributed by atoms with van der Waals surface area (Å²) in [5.41, 5.74) is 2.92. The van der Waals surface area contributed by atoms with Crippen LogP contribution in [0.5, 0.6) is 0 Å². The average Bonchev–Trinajstić information content (AvgIpc) is 2.81. The number of anilines is 1. The van der Waals surface area contributed by atoms with Gasteiger partial charge < -0.3 is 14.8 Å². The van der Waals surface area contributed by atoms with Crippen LogP contribution in [-0.4, -0.2) is 31.8 Å². The zero-order valence-corrected chi connectivity index (χ0v) is 10.9. The molecule has 98 valence electrons. The van der Waals surface area contributed by atoms with Gasteiger partial charge in [-0.05, 0) is 44.0 Å². The molecule has 18 heavy (non-hydrogen) atoms. The summed E-state index contributed by atoms with van der Waals surface area (Å²) >= 11 is 0. The summed E-state index contributed by atoms with van der Waals surface area (Å²) in [7, 11) is 0. The third-order valence-corrected chi connectivity index (χ3v) is 2.82. The highest BCUT2D eigenvalue weighted by Gasteiger charge is 2.14. The lowest BCUT2D eigenvalue weighted by atomic mass is 10.1. The Morgan fingerprint density at radius 2 is 2.22 bits per heavy atom. The molecule has 1 heterocycles. The molecule has 2 rings (SSSR count). The molecule has 0 unspecified atom stereocenters. The molecule has 4 heteroatoms. The van der Waals surface area contributed by atoms with Gasteiger partial charge in [0.05, 0.1) is 18.3 Å². The summed E-state index contributed by atoms with van der Waals surface area (Å²) in [4.78, 5) is 11.8. The lowest BCUT2D eigenvalue weighted by molar-refractivity contribution is 0.0177. The number of hydrogen-bond donors (Lipinski definition) is 1. The van der Waals surface area contributed by atoms with E-state index in [9.17, 15) is 4.79 Å².